The summed E-state index contributed by atoms with van der Waals surface area (Å²) in [5.41, 5.74) is 0.996. The Kier molecular flexibility index (Phi) is 9.34. The van der Waals surface area contributed by atoms with Crippen molar-refractivity contribution in [3.8, 4) is 18.1 Å². The van der Waals surface area contributed by atoms with Gasteiger partial charge in [-0.05, 0) is 24.1 Å². The van der Waals surface area contributed by atoms with E-state index in [4.69, 9.17) is 20.6 Å². The van der Waals surface area contributed by atoms with Gasteiger partial charge in [-0.2, -0.15) is 0 Å². The normalized spacial score (nSPS) is 14.7. The molecule has 0 saturated carbocycles. The molecule has 0 fully saturated rings. The Balaban J connectivity index is 2.31. The number of hydrogen-bond acceptors (Lipinski definition) is 5. The van der Waals surface area contributed by atoms with Crippen LogP contribution in [0.25, 0.3) is 0 Å². The second-order valence-electron chi connectivity index (χ2n) is 5.34. The van der Waals surface area contributed by atoms with Crippen LogP contribution in [0.1, 0.15) is 24.8 Å². The number of terminal acetylenes is 1. The number of hydrogen-bond donors (Lipinski definition) is 2. The molecule has 0 aliphatic heterocycles. The third kappa shape index (κ3) is 7.49. The molecule has 5 heteroatoms. The summed E-state index contributed by atoms with van der Waals surface area (Å²) in [4.78, 5) is 0. The highest BCUT2D eigenvalue weighted by molar-refractivity contribution is 5.26. The first-order valence-corrected chi connectivity index (χ1v) is 7.63. The van der Waals surface area contributed by atoms with Crippen LogP contribution in [0.15, 0.2) is 24.3 Å². The van der Waals surface area contributed by atoms with E-state index in [0.717, 1.165) is 11.3 Å². The summed E-state index contributed by atoms with van der Waals surface area (Å²) in [6, 6.07) is 7.54. The van der Waals surface area contributed by atoms with Crippen LogP contribution in [0.4, 0.5) is 0 Å². The van der Waals surface area contributed by atoms with Crippen LogP contribution >= 0.6 is 0 Å². The maximum atomic E-state index is 10.0. The minimum atomic E-state index is -0.710. The fraction of sp³-hybridized carbons (Fsp3) is 0.556. The van der Waals surface area contributed by atoms with Gasteiger partial charge in [-0.3, -0.25) is 0 Å². The third-order valence-corrected chi connectivity index (χ3v) is 3.56. The van der Waals surface area contributed by atoms with Crippen molar-refractivity contribution < 1.29 is 24.4 Å². The molecule has 0 saturated heterocycles. The highest BCUT2D eigenvalue weighted by atomic mass is 16.5. The molecule has 0 aliphatic carbocycles. The third-order valence-electron chi connectivity index (χ3n) is 3.56. The molecule has 1 aromatic rings. The van der Waals surface area contributed by atoms with E-state index in [-0.39, 0.29) is 6.61 Å². The molecular weight excluding hydrogens is 296 g/mol. The first kappa shape index (κ1) is 19.5. The van der Waals surface area contributed by atoms with E-state index in [9.17, 15) is 10.2 Å². The summed E-state index contributed by atoms with van der Waals surface area (Å²) in [7, 11) is 3.13. The van der Waals surface area contributed by atoms with E-state index in [1.54, 1.807) is 7.11 Å². The first-order valence-electron chi connectivity index (χ1n) is 7.63. The van der Waals surface area contributed by atoms with Crippen molar-refractivity contribution >= 4 is 0 Å². The standard InChI is InChI=1S/C18H26O5/c1-4-5-6-17(20)18(22-3)11-15(19)13-23-12-14-7-9-16(21-2)10-8-14/h1,7-10,15,17-20H,5-6,11-13H2,2-3H3/t15-,17-,18-/m0/s1. The summed E-state index contributed by atoms with van der Waals surface area (Å²) in [6.45, 7) is 0.575. The Morgan fingerprint density at radius 1 is 1.17 bits per heavy atom. The fourth-order valence-corrected chi connectivity index (χ4v) is 2.20. The number of aliphatic hydroxyl groups excluding tert-OH is 2. The molecule has 0 spiro atoms. The van der Waals surface area contributed by atoms with Gasteiger partial charge in [0.25, 0.3) is 0 Å². The smallest absolute Gasteiger partial charge is 0.118 e. The molecule has 0 aliphatic rings. The Labute approximate surface area is 138 Å². The Bertz CT molecular complexity index is 465. The lowest BCUT2D eigenvalue weighted by molar-refractivity contribution is -0.0573. The summed E-state index contributed by atoms with van der Waals surface area (Å²) in [5, 5.41) is 20.0. The lowest BCUT2D eigenvalue weighted by atomic mass is 10.0. The van der Waals surface area contributed by atoms with Gasteiger partial charge in [0.2, 0.25) is 0 Å². The number of rotatable bonds is 11. The van der Waals surface area contributed by atoms with Crippen LogP contribution in [0.2, 0.25) is 0 Å². The quantitative estimate of drug-likeness (QED) is 0.608. The highest BCUT2D eigenvalue weighted by Crippen LogP contribution is 2.14. The largest absolute Gasteiger partial charge is 0.497 e. The van der Waals surface area contributed by atoms with Gasteiger partial charge in [-0.15, -0.1) is 12.3 Å². The predicted octanol–water partition coefficient (Wildman–Crippen LogP) is 1.75. The summed E-state index contributed by atoms with van der Waals surface area (Å²) in [5.74, 6) is 3.27. The number of aliphatic hydroxyl groups is 2. The Morgan fingerprint density at radius 3 is 2.43 bits per heavy atom. The molecule has 2 N–H and O–H groups in total. The summed E-state index contributed by atoms with van der Waals surface area (Å²) >= 11 is 0. The van der Waals surface area contributed by atoms with E-state index < -0.39 is 18.3 Å². The molecule has 1 aromatic carbocycles. The monoisotopic (exact) mass is 322 g/mol. The maximum Gasteiger partial charge on any atom is 0.118 e. The van der Waals surface area contributed by atoms with Gasteiger partial charge in [-0.1, -0.05) is 12.1 Å². The van der Waals surface area contributed by atoms with Gasteiger partial charge in [0.05, 0.1) is 38.6 Å². The molecule has 0 unspecified atom stereocenters. The van der Waals surface area contributed by atoms with Crippen LogP contribution in [0.3, 0.4) is 0 Å². The second kappa shape index (κ2) is 11.0. The zero-order chi connectivity index (χ0) is 17.1. The van der Waals surface area contributed by atoms with Gasteiger partial charge < -0.3 is 24.4 Å². The average molecular weight is 322 g/mol. The van der Waals surface area contributed by atoms with Crippen molar-refractivity contribution in [2.75, 3.05) is 20.8 Å². The van der Waals surface area contributed by atoms with E-state index in [1.165, 1.54) is 7.11 Å². The lowest BCUT2D eigenvalue weighted by Crippen LogP contribution is -2.33. The van der Waals surface area contributed by atoms with Crippen LogP contribution in [0.5, 0.6) is 5.75 Å². The molecule has 3 atom stereocenters. The van der Waals surface area contributed by atoms with Crippen molar-refractivity contribution in [2.45, 2.75) is 44.2 Å². The SMILES string of the molecule is C#CCC[C@H](O)[C@H](C[C@H](O)COCc1ccc(OC)cc1)OC. The molecule has 0 radical (unpaired) electrons. The summed E-state index contributed by atoms with van der Waals surface area (Å²) in [6.07, 6.45) is 4.55. The average Bonchev–Trinajstić information content (AvgIpc) is 2.58. The molecule has 1 rings (SSSR count). The second-order valence-corrected chi connectivity index (χ2v) is 5.34. The molecular formula is C18H26O5. The van der Waals surface area contributed by atoms with Crippen LogP contribution in [-0.2, 0) is 16.1 Å². The number of benzene rings is 1. The minimum absolute atomic E-state index is 0.174. The lowest BCUT2D eigenvalue weighted by Gasteiger charge is -2.23. The van der Waals surface area contributed by atoms with Crippen molar-refractivity contribution in [2.24, 2.45) is 0 Å². The molecule has 5 nitrogen and oxygen atoms in total. The Morgan fingerprint density at radius 2 is 1.87 bits per heavy atom. The van der Waals surface area contributed by atoms with Gasteiger partial charge in [0.1, 0.15) is 5.75 Å². The molecule has 0 heterocycles. The van der Waals surface area contributed by atoms with Gasteiger partial charge in [0.15, 0.2) is 0 Å². The van der Waals surface area contributed by atoms with Gasteiger partial charge >= 0.3 is 0 Å². The maximum absolute atomic E-state index is 10.0. The topological polar surface area (TPSA) is 68.2 Å². The molecule has 0 bridgehead atoms. The van der Waals surface area contributed by atoms with E-state index in [1.807, 2.05) is 24.3 Å². The molecule has 23 heavy (non-hydrogen) atoms. The number of ether oxygens (including phenoxy) is 3. The van der Waals surface area contributed by atoms with Crippen molar-refractivity contribution in [3.63, 3.8) is 0 Å². The van der Waals surface area contributed by atoms with Gasteiger partial charge in [-0.25, -0.2) is 0 Å². The first-order chi connectivity index (χ1) is 11.1. The molecule has 0 amide bonds. The zero-order valence-electron chi connectivity index (χ0n) is 13.8. The van der Waals surface area contributed by atoms with Crippen molar-refractivity contribution in [1.29, 1.82) is 0 Å². The van der Waals surface area contributed by atoms with E-state index in [0.29, 0.717) is 25.9 Å². The van der Waals surface area contributed by atoms with Crippen molar-refractivity contribution in [3.05, 3.63) is 29.8 Å². The predicted molar refractivity (Wildman–Crippen MR) is 88.1 cm³/mol. The zero-order valence-corrected chi connectivity index (χ0v) is 13.8. The van der Waals surface area contributed by atoms with Crippen LogP contribution < -0.4 is 4.74 Å². The summed E-state index contributed by atoms with van der Waals surface area (Å²) < 4.78 is 15.8. The molecule has 128 valence electrons. The molecule has 0 aromatic heterocycles. The highest BCUT2D eigenvalue weighted by Gasteiger charge is 2.21. The van der Waals surface area contributed by atoms with E-state index in [2.05, 4.69) is 5.92 Å². The minimum Gasteiger partial charge on any atom is -0.497 e. The van der Waals surface area contributed by atoms with Crippen LogP contribution in [0, 0.1) is 12.3 Å². The van der Waals surface area contributed by atoms with Crippen LogP contribution in [-0.4, -0.2) is 49.4 Å². The number of methoxy groups -OCH3 is 2. The van der Waals surface area contributed by atoms with Crippen molar-refractivity contribution in [1.82, 2.24) is 0 Å². The van der Waals surface area contributed by atoms with E-state index >= 15 is 0 Å². The Hall–Kier alpha value is -1.58. The van der Waals surface area contributed by atoms with Gasteiger partial charge in [0, 0.05) is 20.0 Å². The fourth-order valence-electron chi connectivity index (χ4n) is 2.20.